The predicted octanol–water partition coefficient (Wildman–Crippen LogP) is 5.31. The summed E-state index contributed by atoms with van der Waals surface area (Å²) in [5.41, 5.74) is -0.859. The standard InChI is InChI=1S/C22H21ClF3N3O2/c1-4-18(28(3)20(30)13-7-6-8-14(11-13)22(24,25)26)19-27-17-12-15(23)9-10-16(17)21(31)29(19)5-2/h6-12,18H,4-5H2,1-3H3. The van der Waals surface area contributed by atoms with Gasteiger partial charge in [-0.05, 0) is 49.7 Å². The number of carbonyl (C=O) groups excluding carboxylic acids is 1. The van der Waals surface area contributed by atoms with E-state index in [1.54, 1.807) is 25.1 Å². The zero-order valence-corrected chi connectivity index (χ0v) is 18.0. The smallest absolute Gasteiger partial charge is 0.332 e. The normalized spacial score (nSPS) is 12.7. The van der Waals surface area contributed by atoms with Gasteiger partial charge in [0.1, 0.15) is 5.82 Å². The van der Waals surface area contributed by atoms with Gasteiger partial charge in [0.15, 0.2) is 0 Å². The molecule has 9 heteroatoms. The fourth-order valence-electron chi connectivity index (χ4n) is 3.57. The van der Waals surface area contributed by atoms with E-state index >= 15 is 0 Å². The summed E-state index contributed by atoms with van der Waals surface area (Å²) in [5.74, 6) is -0.242. The van der Waals surface area contributed by atoms with Crippen molar-refractivity contribution in [2.24, 2.45) is 0 Å². The molecular weight excluding hydrogens is 431 g/mol. The van der Waals surface area contributed by atoms with Gasteiger partial charge in [0.05, 0.1) is 22.5 Å². The van der Waals surface area contributed by atoms with Crippen molar-refractivity contribution in [1.82, 2.24) is 14.5 Å². The molecule has 0 bridgehead atoms. The predicted molar refractivity (Wildman–Crippen MR) is 113 cm³/mol. The summed E-state index contributed by atoms with van der Waals surface area (Å²) < 4.78 is 40.7. The number of carbonyl (C=O) groups is 1. The molecule has 3 aromatic rings. The van der Waals surface area contributed by atoms with Crippen molar-refractivity contribution in [3.63, 3.8) is 0 Å². The quantitative estimate of drug-likeness (QED) is 0.528. The Labute approximate surface area is 182 Å². The molecule has 0 aliphatic rings. The minimum absolute atomic E-state index is 0.0926. The summed E-state index contributed by atoms with van der Waals surface area (Å²) in [4.78, 5) is 31.9. The number of aromatic nitrogens is 2. The highest BCUT2D eigenvalue weighted by Crippen LogP contribution is 2.31. The van der Waals surface area contributed by atoms with Crippen molar-refractivity contribution in [1.29, 1.82) is 0 Å². The van der Waals surface area contributed by atoms with Crippen LogP contribution in [0.1, 0.15) is 48.1 Å². The number of amides is 1. The molecular formula is C22H21ClF3N3O2. The van der Waals surface area contributed by atoms with Crippen LogP contribution >= 0.6 is 11.6 Å². The maximum absolute atomic E-state index is 13.1. The van der Waals surface area contributed by atoms with Crippen LogP contribution in [-0.4, -0.2) is 27.4 Å². The SMILES string of the molecule is CCC(c1nc2cc(Cl)ccc2c(=O)n1CC)N(C)C(=O)c1cccc(C(F)(F)F)c1. The first-order chi connectivity index (χ1) is 14.6. The molecule has 0 aliphatic carbocycles. The molecule has 0 saturated carbocycles. The second-order valence-electron chi connectivity index (χ2n) is 7.10. The van der Waals surface area contributed by atoms with E-state index < -0.39 is 23.7 Å². The van der Waals surface area contributed by atoms with Crippen LogP contribution in [0.25, 0.3) is 10.9 Å². The number of halogens is 4. The molecule has 2 aromatic carbocycles. The molecule has 0 aliphatic heterocycles. The van der Waals surface area contributed by atoms with Gasteiger partial charge in [0, 0.05) is 24.2 Å². The lowest BCUT2D eigenvalue weighted by atomic mass is 10.1. The van der Waals surface area contributed by atoms with Crippen LogP contribution in [0, 0.1) is 0 Å². The second-order valence-corrected chi connectivity index (χ2v) is 7.54. The van der Waals surface area contributed by atoms with E-state index in [9.17, 15) is 22.8 Å². The van der Waals surface area contributed by atoms with Gasteiger partial charge in [0.2, 0.25) is 0 Å². The van der Waals surface area contributed by atoms with E-state index in [0.717, 1.165) is 12.1 Å². The monoisotopic (exact) mass is 451 g/mol. The van der Waals surface area contributed by atoms with Gasteiger partial charge in [0.25, 0.3) is 11.5 Å². The van der Waals surface area contributed by atoms with E-state index in [1.807, 2.05) is 6.92 Å². The molecule has 0 N–H and O–H groups in total. The number of hydrogen-bond acceptors (Lipinski definition) is 3. The highest BCUT2D eigenvalue weighted by Gasteiger charge is 2.32. The lowest BCUT2D eigenvalue weighted by molar-refractivity contribution is -0.137. The van der Waals surface area contributed by atoms with Gasteiger partial charge in [-0.25, -0.2) is 4.98 Å². The molecule has 3 rings (SSSR count). The summed E-state index contributed by atoms with van der Waals surface area (Å²) in [6.07, 6.45) is -4.15. The molecule has 1 heterocycles. The van der Waals surface area contributed by atoms with Gasteiger partial charge in [-0.2, -0.15) is 13.2 Å². The van der Waals surface area contributed by atoms with Gasteiger partial charge >= 0.3 is 6.18 Å². The largest absolute Gasteiger partial charge is 0.416 e. The van der Waals surface area contributed by atoms with E-state index in [1.165, 1.54) is 28.6 Å². The molecule has 0 radical (unpaired) electrons. The minimum Gasteiger partial charge on any atom is -0.332 e. The van der Waals surface area contributed by atoms with E-state index in [4.69, 9.17) is 11.6 Å². The first-order valence-corrected chi connectivity index (χ1v) is 10.1. The van der Waals surface area contributed by atoms with E-state index in [0.29, 0.717) is 34.7 Å². The molecule has 0 saturated heterocycles. The fraction of sp³-hybridized carbons (Fsp3) is 0.318. The van der Waals surface area contributed by atoms with Crippen LogP contribution in [0.3, 0.4) is 0 Å². The van der Waals surface area contributed by atoms with Gasteiger partial charge in [-0.15, -0.1) is 0 Å². The maximum Gasteiger partial charge on any atom is 0.416 e. The van der Waals surface area contributed by atoms with Gasteiger partial charge < -0.3 is 4.90 Å². The first-order valence-electron chi connectivity index (χ1n) is 9.72. The Kier molecular flexibility index (Phi) is 6.40. The topological polar surface area (TPSA) is 55.2 Å². The second kappa shape index (κ2) is 8.70. The number of benzene rings is 2. The van der Waals surface area contributed by atoms with Crippen molar-refractivity contribution in [3.8, 4) is 0 Å². The minimum atomic E-state index is -4.55. The molecule has 1 unspecified atom stereocenters. The molecule has 31 heavy (non-hydrogen) atoms. The van der Waals surface area contributed by atoms with Crippen LogP contribution in [0.2, 0.25) is 5.02 Å². The highest BCUT2D eigenvalue weighted by molar-refractivity contribution is 6.31. The Morgan fingerprint density at radius 3 is 2.52 bits per heavy atom. The number of nitrogens with zero attached hydrogens (tertiary/aromatic N) is 3. The van der Waals surface area contributed by atoms with Crippen molar-refractivity contribution >= 4 is 28.4 Å². The molecule has 5 nitrogen and oxygen atoms in total. The molecule has 1 atom stereocenters. The number of alkyl halides is 3. The van der Waals surface area contributed by atoms with Crippen molar-refractivity contribution < 1.29 is 18.0 Å². The summed E-state index contributed by atoms with van der Waals surface area (Å²) >= 11 is 6.05. The molecule has 0 spiro atoms. The van der Waals surface area contributed by atoms with Gasteiger partial charge in [-0.3, -0.25) is 14.2 Å². The van der Waals surface area contributed by atoms with Crippen molar-refractivity contribution in [2.75, 3.05) is 7.05 Å². The Morgan fingerprint density at radius 2 is 1.90 bits per heavy atom. The average molecular weight is 452 g/mol. The van der Waals surface area contributed by atoms with E-state index in [2.05, 4.69) is 4.98 Å². The Bertz CT molecular complexity index is 1190. The summed E-state index contributed by atoms with van der Waals surface area (Å²) in [6, 6.07) is 8.42. The maximum atomic E-state index is 13.1. The fourth-order valence-corrected chi connectivity index (χ4v) is 3.74. The zero-order chi connectivity index (χ0) is 22.9. The number of hydrogen-bond donors (Lipinski definition) is 0. The summed E-state index contributed by atoms with van der Waals surface area (Å²) in [7, 11) is 1.49. The Morgan fingerprint density at radius 1 is 1.19 bits per heavy atom. The van der Waals surface area contributed by atoms with Crippen LogP contribution < -0.4 is 5.56 Å². The van der Waals surface area contributed by atoms with Crippen LogP contribution in [0.4, 0.5) is 13.2 Å². The average Bonchev–Trinajstić information content (AvgIpc) is 2.73. The summed E-state index contributed by atoms with van der Waals surface area (Å²) in [6.45, 7) is 3.92. The Hall–Kier alpha value is -2.87. The lowest BCUT2D eigenvalue weighted by Gasteiger charge is -2.29. The third kappa shape index (κ3) is 4.44. The number of rotatable bonds is 5. The highest BCUT2D eigenvalue weighted by atomic mass is 35.5. The molecule has 1 aromatic heterocycles. The van der Waals surface area contributed by atoms with Crippen molar-refractivity contribution in [3.05, 3.63) is 74.8 Å². The molecule has 164 valence electrons. The molecule has 0 fully saturated rings. The van der Waals surface area contributed by atoms with Crippen LogP contribution in [0.5, 0.6) is 0 Å². The van der Waals surface area contributed by atoms with Gasteiger partial charge in [-0.1, -0.05) is 24.6 Å². The number of fused-ring (bicyclic) bond motifs is 1. The van der Waals surface area contributed by atoms with Crippen molar-refractivity contribution in [2.45, 2.75) is 39.0 Å². The van der Waals surface area contributed by atoms with E-state index in [-0.39, 0.29) is 11.1 Å². The Balaban J connectivity index is 2.08. The first kappa shape index (κ1) is 22.8. The third-order valence-corrected chi connectivity index (χ3v) is 5.41. The van der Waals surface area contributed by atoms with Crippen LogP contribution in [0.15, 0.2) is 47.3 Å². The third-order valence-electron chi connectivity index (χ3n) is 5.17. The summed E-state index contributed by atoms with van der Waals surface area (Å²) in [5, 5.41) is 0.817. The zero-order valence-electron chi connectivity index (χ0n) is 17.2. The van der Waals surface area contributed by atoms with Crippen LogP contribution in [-0.2, 0) is 12.7 Å². The lowest BCUT2D eigenvalue weighted by Crippen LogP contribution is -2.36. The molecule has 1 amide bonds.